The zero-order valence-corrected chi connectivity index (χ0v) is 11.2. The molecular formula is C13H17F3N2O2. The van der Waals surface area contributed by atoms with Crippen LogP contribution in [0.4, 0.5) is 13.2 Å². The van der Waals surface area contributed by atoms with Crippen molar-refractivity contribution < 1.29 is 23.1 Å². The minimum atomic E-state index is -4.53. The smallest absolute Gasteiger partial charge is 0.394 e. The van der Waals surface area contributed by atoms with Gasteiger partial charge in [-0.2, -0.15) is 13.2 Å². The largest absolute Gasteiger partial charge is 0.433 e. The van der Waals surface area contributed by atoms with E-state index in [1.807, 2.05) is 13.8 Å². The van der Waals surface area contributed by atoms with Crippen LogP contribution in [0.1, 0.15) is 36.3 Å². The number of halogens is 3. The van der Waals surface area contributed by atoms with E-state index in [9.17, 15) is 18.0 Å². The van der Waals surface area contributed by atoms with Gasteiger partial charge in [0.2, 0.25) is 0 Å². The maximum Gasteiger partial charge on any atom is 0.433 e. The number of rotatable bonds is 5. The van der Waals surface area contributed by atoms with Gasteiger partial charge in [-0.3, -0.25) is 9.78 Å². The van der Waals surface area contributed by atoms with E-state index in [-0.39, 0.29) is 18.1 Å². The molecule has 0 saturated carbocycles. The average molecular weight is 290 g/mol. The molecule has 0 aromatic carbocycles. The van der Waals surface area contributed by atoms with Gasteiger partial charge in [0.1, 0.15) is 5.69 Å². The molecule has 20 heavy (non-hydrogen) atoms. The number of carbonyl (C=O) groups is 1. The summed E-state index contributed by atoms with van der Waals surface area (Å²) in [7, 11) is 0. The first kappa shape index (κ1) is 16.4. The fourth-order valence-corrected chi connectivity index (χ4v) is 1.71. The maximum absolute atomic E-state index is 12.3. The van der Waals surface area contributed by atoms with Crippen LogP contribution in [0.3, 0.4) is 0 Å². The van der Waals surface area contributed by atoms with Crippen molar-refractivity contribution in [1.82, 2.24) is 10.3 Å². The van der Waals surface area contributed by atoms with E-state index in [1.54, 1.807) is 0 Å². The molecule has 0 aliphatic rings. The summed E-state index contributed by atoms with van der Waals surface area (Å²) in [5.41, 5.74) is -1.02. The number of nitrogens with one attached hydrogen (secondary N) is 1. The van der Waals surface area contributed by atoms with Crippen molar-refractivity contribution in [2.75, 3.05) is 6.61 Å². The van der Waals surface area contributed by atoms with Crippen LogP contribution in [0.2, 0.25) is 0 Å². The summed E-state index contributed by atoms with van der Waals surface area (Å²) < 4.78 is 37.0. The molecule has 1 heterocycles. The number of alkyl halides is 3. The summed E-state index contributed by atoms with van der Waals surface area (Å²) >= 11 is 0. The Morgan fingerprint density at radius 1 is 1.40 bits per heavy atom. The normalized spacial score (nSPS) is 13.3. The molecule has 112 valence electrons. The molecule has 1 atom stereocenters. The van der Waals surface area contributed by atoms with Crippen LogP contribution < -0.4 is 5.32 Å². The van der Waals surface area contributed by atoms with Gasteiger partial charge in [0.15, 0.2) is 0 Å². The van der Waals surface area contributed by atoms with Crippen LogP contribution in [0.15, 0.2) is 18.3 Å². The summed E-state index contributed by atoms with van der Waals surface area (Å²) in [5, 5.41) is 11.7. The Hall–Kier alpha value is -1.63. The predicted molar refractivity (Wildman–Crippen MR) is 67.0 cm³/mol. The number of pyridine rings is 1. The average Bonchev–Trinajstić information content (AvgIpc) is 2.36. The monoisotopic (exact) mass is 290 g/mol. The molecule has 1 rings (SSSR count). The fourth-order valence-electron chi connectivity index (χ4n) is 1.71. The zero-order chi connectivity index (χ0) is 15.3. The SMILES string of the molecule is CC(C)CC(CO)NC(=O)c1ccc(C(F)(F)F)nc1. The molecule has 7 heteroatoms. The number of amides is 1. The highest BCUT2D eigenvalue weighted by atomic mass is 19.4. The van der Waals surface area contributed by atoms with Gasteiger partial charge in [0, 0.05) is 6.20 Å². The van der Waals surface area contributed by atoms with E-state index in [2.05, 4.69) is 10.3 Å². The van der Waals surface area contributed by atoms with Gasteiger partial charge < -0.3 is 10.4 Å². The van der Waals surface area contributed by atoms with E-state index < -0.39 is 23.8 Å². The first-order valence-electron chi connectivity index (χ1n) is 6.19. The molecule has 0 bridgehead atoms. The molecule has 0 aliphatic carbocycles. The van der Waals surface area contributed by atoms with Crippen molar-refractivity contribution in [3.05, 3.63) is 29.6 Å². The standard InChI is InChI=1S/C13H17F3N2O2/c1-8(2)5-10(7-19)18-12(20)9-3-4-11(17-6-9)13(14,15)16/h3-4,6,8,10,19H,5,7H2,1-2H3,(H,18,20). The fraction of sp³-hybridized carbons (Fsp3) is 0.538. The van der Waals surface area contributed by atoms with Crippen LogP contribution in [-0.4, -0.2) is 28.6 Å². The minimum absolute atomic E-state index is 0.0280. The molecule has 4 nitrogen and oxygen atoms in total. The highest BCUT2D eigenvalue weighted by Crippen LogP contribution is 2.27. The molecule has 1 unspecified atom stereocenters. The number of aliphatic hydroxyl groups is 1. The van der Waals surface area contributed by atoms with Crippen molar-refractivity contribution in [3.8, 4) is 0 Å². The zero-order valence-electron chi connectivity index (χ0n) is 11.2. The van der Waals surface area contributed by atoms with Crippen molar-refractivity contribution in [3.63, 3.8) is 0 Å². The van der Waals surface area contributed by atoms with Crippen molar-refractivity contribution in [2.24, 2.45) is 5.92 Å². The van der Waals surface area contributed by atoms with Gasteiger partial charge in [0.25, 0.3) is 5.91 Å². The Morgan fingerprint density at radius 2 is 2.05 bits per heavy atom. The highest BCUT2D eigenvalue weighted by molar-refractivity contribution is 5.94. The Bertz CT molecular complexity index is 444. The maximum atomic E-state index is 12.3. The van der Waals surface area contributed by atoms with Crippen LogP contribution in [-0.2, 0) is 6.18 Å². The molecule has 2 N–H and O–H groups in total. The minimum Gasteiger partial charge on any atom is -0.394 e. The lowest BCUT2D eigenvalue weighted by Gasteiger charge is -2.18. The van der Waals surface area contributed by atoms with Crippen LogP contribution in [0.5, 0.6) is 0 Å². The van der Waals surface area contributed by atoms with Gasteiger partial charge in [0.05, 0.1) is 18.2 Å². The van der Waals surface area contributed by atoms with Crippen LogP contribution in [0.25, 0.3) is 0 Å². The second-order valence-electron chi connectivity index (χ2n) is 4.91. The van der Waals surface area contributed by atoms with Crippen molar-refractivity contribution in [1.29, 1.82) is 0 Å². The van der Waals surface area contributed by atoms with E-state index in [0.717, 1.165) is 18.3 Å². The molecule has 0 spiro atoms. The second kappa shape index (κ2) is 6.69. The molecule has 0 radical (unpaired) electrons. The lowest BCUT2D eigenvalue weighted by atomic mass is 10.0. The second-order valence-corrected chi connectivity index (χ2v) is 4.91. The first-order valence-corrected chi connectivity index (χ1v) is 6.19. The predicted octanol–water partition coefficient (Wildman–Crippen LogP) is 2.24. The number of carbonyl (C=O) groups excluding carboxylic acids is 1. The third-order valence-electron chi connectivity index (χ3n) is 2.63. The summed E-state index contributed by atoms with van der Waals surface area (Å²) in [4.78, 5) is 15.0. The number of nitrogens with zero attached hydrogens (tertiary/aromatic N) is 1. The number of aromatic nitrogens is 1. The number of aliphatic hydroxyl groups excluding tert-OH is 1. The van der Waals surface area contributed by atoms with Gasteiger partial charge in [-0.15, -0.1) is 0 Å². The van der Waals surface area contributed by atoms with Crippen LogP contribution >= 0.6 is 0 Å². The molecule has 1 aromatic rings. The quantitative estimate of drug-likeness (QED) is 0.874. The summed E-state index contributed by atoms with van der Waals surface area (Å²) in [6, 6.07) is 1.39. The van der Waals surface area contributed by atoms with Gasteiger partial charge in [-0.05, 0) is 24.5 Å². The van der Waals surface area contributed by atoms with Crippen molar-refractivity contribution in [2.45, 2.75) is 32.5 Å². The van der Waals surface area contributed by atoms with Gasteiger partial charge in [-0.1, -0.05) is 13.8 Å². The number of hydrogen-bond donors (Lipinski definition) is 2. The third-order valence-corrected chi connectivity index (χ3v) is 2.63. The third kappa shape index (κ3) is 4.80. The molecule has 1 amide bonds. The van der Waals surface area contributed by atoms with Gasteiger partial charge >= 0.3 is 6.18 Å². The Kier molecular flexibility index (Phi) is 5.50. The molecule has 0 saturated heterocycles. The van der Waals surface area contributed by atoms with E-state index >= 15 is 0 Å². The molecular weight excluding hydrogens is 273 g/mol. The highest BCUT2D eigenvalue weighted by Gasteiger charge is 2.32. The lowest BCUT2D eigenvalue weighted by Crippen LogP contribution is -2.38. The topological polar surface area (TPSA) is 62.2 Å². The Morgan fingerprint density at radius 3 is 2.45 bits per heavy atom. The van der Waals surface area contributed by atoms with E-state index in [0.29, 0.717) is 6.42 Å². The van der Waals surface area contributed by atoms with E-state index in [1.165, 1.54) is 0 Å². The van der Waals surface area contributed by atoms with Crippen LogP contribution in [0, 0.1) is 5.92 Å². The van der Waals surface area contributed by atoms with E-state index in [4.69, 9.17) is 5.11 Å². The summed E-state index contributed by atoms with van der Waals surface area (Å²) in [6.45, 7) is 3.65. The van der Waals surface area contributed by atoms with Crippen molar-refractivity contribution >= 4 is 5.91 Å². The molecule has 1 aromatic heterocycles. The molecule has 0 aliphatic heterocycles. The first-order chi connectivity index (χ1) is 9.24. The Balaban J connectivity index is 2.72. The Labute approximate surface area is 115 Å². The molecule has 0 fully saturated rings. The summed E-state index contributed by atoms with van der Waals surface area (Å²) in [5.74, 6) is -0.274. The number of hydrogen-bond acceptors (Lipinski definition) is 3. The van der Waals surface area contributed by atoms with Gasteiger partial charge in [-0.25, -0.2) is 0 Å². The summed E-state index contributed by atoms with van der Waals surface area (Å²) in [6.07, 6.45) is -3.07. The lowest BCUT2D eigenvalue weighted by molar-refractivity contribution is -0.141.